The summed E-state index contributed by atoms with van der Waals surface area (Å²) in [7, 11) is 2.93. The molecule has 0 aliphatic rings. The van der Waals surface area contributed by atoms with E-state index in [9.17, 15) is 4.79 Å². The smallest absolute Gasteiger partial charge is 0.273 e. The predicted octanol–water partition coefficient (Wildman–Crippen LogP) is 3.18. The molecular weight excluding hydrogens is 395 g/mol. The van der Waals surface area contributed by atoms with Gasteiger partial charge in [0.15, 0.2) is 5.71 Å². The van der Waals surface area contributed by atoms with Gasteiger partial charge in [0.25, 0.3) is 5.91 Å². The largest absolute Gasteiger partial charge is 0.457 e. The van der Waals surface area contributed by atoms with Gasteiger partial charge in [-0.15, -0.1) is 0 Å². The number of ether oxygens (including phenoxy) is 1. The Kier molecular flexibility index (Phi) is 5.76. The van der Waals surface area contributed by atoms with Gasteiger partial charge in [-0.3, -0.25) is 4.79 Å². The number of hydrogen-bond acceptors (Lipinski definition) is 4. The van der Waals surface area contributed by atoms with Crippen LogP contribution in [0.2, 0.25) is 0 Å². The Bertz CT molecular complexity index is 701. The Balaban J connectivity index is 2.41. The van der Waals surface area contributed by atoms with Gasteiger partial charge in [-0.05, 0) is 52.9 Å². The second-order valence-corrected chi connectivity index (χ2v) is 5.50. The summed E-state index contributed by atoms with van der Waals surface area (Å²) in [5.41, 5.74) is 0.716. The van der Waals surface area contributed by atoms with E-state index in [4.69, 9.17) is 9.57 Å². The molecule has 0 saturated carbocycles. The fourth-order valence-electron chi connectivity index (χ4n) is 1.83. The summed E-state index contributed by atoms with van der Waals surface area (Å²) >= 11 is 2.21. The number of rotatable bonds is 5. The highest BCUT2D eigenvalue weighted by molar-refractivity contribution is 14.1. The fourth-order valence-corrected chi connectivity index (χ4v) is 2.35. The minimum atomic E-state index is -0.347. The molecule has 5 nitrogen and oxygen atoms in total. The molecular formula is C16H15IN2O3. The number of para-hydroxylation sites is 1. The Labute approximate surface area is 142 Å². The summed E-state index contributed by atoms with van der Waals surface area (Å²) in [6.07, 6.45) is 0. The molecule has 0 unspecified atom stereocenters. The van der Waals surface area contributed by atoms with Crippen LogP contribution >= 0.6 is 22.6 Å². The summed E-state index contributed by atoms with van der Waals surface area (Å²) in [5, 5.41) is 6.35. The van der Waals surface area contributed by atoms with Crippen molar-refractivity contribution in [2.24, 2.45) is 5.16 Å². The number of carbonyl (C=O) groups is 1. The molecule has 1 N–H and O–H groups in total. The van der Waals surface area contributed by atoms with Crippen LogP contribution in [0.1, 0.15) is 5.56 Å². The zero-order valence-electron chi connectivity index (χ0n) is 12.2. The number of carbonyl (C=O) groups excluding carboxylic acids is 1. The van der Waals surface area contributed by atoms with E-state index in [0.29, 0.717) is 17.1 Å². The molecule has 114 valence electrons. The molecule has 1 amide bonds. The minimum absolute atomic E-state index is 0.159. The lowest BCUT2D eigenvalue weighted by atomic mass is 10.1. The molecule has 0 radical (unpaired) electrons. The van der Waals surface area contributed by atoms with Crippen molar-refractivity contribution in [1.29, 1.82) is 0 Å². The van der Waals surface area contributed by atoms with Crippen LogP contribution in [0.5, 0.6) is 11.5 Å². The molecule has 0 bridgehead atoms. The highest BCUT2D eigenvalue weighted by Crippen LogP contribution is 2.27. The van der Waals surface area contributed by atoms with Gasteiger partial charge in [-0.1, -0.05) is 23.4 Å². The lowest BCUT2D eigenvalue weighted by molar-refractivity contribution is -0.114. The number of nitrogens with zero attached hydrogens (tertiary/aromatic N) is 1. The second kappa shape index (κ2) is 7.79. The Morgan fingerprint density at radius 2 is 1.95 bits per heavy atom. The Morgan fingerprint density at radius 3 is 2.64 bits per heavy atom. The van der Waals surface area contributed by atoms with Gasteiger partial charge >= 0.3 is 0 Å². The van der Waals surface area contributed by atoms with Crippen LogP contribution < -0.4 is 10.1 Å². The normalized spacial score (nSPS) is 11.0. The molecule has 0 fully saturated rings. The third-order valence-electron chi connectivity index (χ3n) is 2.79. The summed E-state index contributed by atoms with van der Waals surface area (Å²) in [6, 6.07) is 14.8. The van der Waals surface area contributed by atoms with E-state index in [1.165, 1.54) is 14.2 Å². The van der Waals surface area contributed by atoms with Gasteiger partial charge in [0.2, 0.25) is 0 Å². The van der Waals surface area contributed by atoms with Crippen molar-refractivity contribution < 1.29 is 14.4 Å². The Hall–Kier alpha value is -2.09. The van der Waals surface area contributed by atoms with Gasteiger partial charge in [0.1, 0.15) is 18.6 Å². The second-order valence-electron chi connectivity index (χ2n) is 4.26. The van der Waals surface area contributed by atoms with Crippen LogP contribution in [0.3, 0.4) is 0 Å². The zero-order chi connectivity index (χ0) is 15.9. The molecule has 2 aromatic rings. The van der Waals surface area contributed by atoms with Crippen LogP contribution in [0, 0.1) is 3.57 Å². The van der Waals surface area contributed by atoms with Crippen molar-refractivity contribution >= 4 is 34.2 Å². The maximum Gasteiger partial charge on any atom is 0.273 e. The summed E-state index contributed by atoms with van der Waals surface area (Å²) in [6.45, 7) is 0. The van der Waals surface area contributed by atoms with E-state index in [-0.39, 0.29) is 11.6 Å². The average Bonchev–Trinajstić information content (AvgIpc) is 2.53. The maximum atomic E-state index is 12.0. The highest BCUT2D eigenvalue weighted by Gasteiger charge is 2.18. The number of hydrogen-bond donors (Lipinski definition) is 1. The summed E-state index contributed by atoms with van der Waals surface area (Å²) < 4.78 is 6.95. The minimum Gasteiger partial charge on any atom is -0.457 e. The van der Waals surface area contributed by atoms with E-state index < -0.39 is 0 Å². The van der Waals surface area contributed by atoms with Crippen molar-refractivity contribution in [2.45, 2.75) is 0 Å². The first-order chi connectivity index (χ1) is 10.7. The van der Waals surface area contributed by atoms with Crippen LogP contribution in [0.15, 0.2) is 53.7 Å². The monoisotopic (exact) mass is 410 g/mol. The number of halogens is 1. The lowest BCUT2D eigenvalue weighted by Crippen LogP contribution is -2.28. The first-order valence-electron chi connectivity index (χ1n) is 6.51. The SMILES string of the molecule is CNC(=O)/C(=N\OC)c1ccccc1Oc1cccc(I)c1. The molecule has 0 spiro atoms. The summed E-state index contributed by atoms with van der Waals surface area (Å²) in [4.78, 5) is 16.8. The molecule has 0 aliphatic carbocycles. The number of benzene rings is 2. The molecule has 0 aliphatic heterocycles. The fraction of sp³-hybridized carbons (Fsp3) is 0.125. The van der Waals surface area contributed by atoms with E-state index in [1.807, 2.05) is 36.4 Å². The van der Waals surface area contributed by atoms with E-state index in [1.54, 1.807) is 12.1 Å². The molecule has 2 rings (SSSR count). The van der Waals surface area contributed by atoms with Gasteiger partial charge in [-0.25, -0.2) is 0 Å². The van der Waals surface area contributed by atoms with Gasteiger partial charge in [0, 0.05) is 10.6 Å². The number of likely N-dealkylation sites (N-methyl/N-ethyl adjacent to an activating group) is 1. The molecule has 0 atom stereocenters. The van der Waals surface area contributed by atoms with E-state index in [0.717, 1.165) is 3.57 Å². The van der Waals surface area contributed by atoms with Crippen LogP contribution in [0.25, 0.3) is 0 Å². The van der Waals surface area contributed by atoms with Crippen LogP contribution in [-0.4, -0.2) is 25.8 Å². The van der Waals surface area contributed by atoms with Gasteiger partial charge in [-0.2, -0.15) is 0 Å². The van der Waals surface area contributed by atoms with E-state index in [2.05, 4.69) is 33.1 Å². The van der Waals surface area contributed by atoms with E-state index >= 15 is 0 Å². The molecule has 2 aromatic carbocycles. The molecule has 0 heterocycles. The Morgan fingerprint density at radius 1 is 1.18 bits per heavy atom. The first kappa shape index (κ1) is 16.3. The molecule has 22 heavy (non-hydrogen) atoms. The van der Waals surface area contributed by atoms with Gasteiger partial charge < -0.3 is 14.9 Å². The third-order valence-corrected chi connectivity index (χ3v) is 3.46. The maximum absolute atomic E-state index is 12.0. The van der Waals surface area contributed by atoms with Crippen LogP contribution in [-0.2, 0) is 9.63 Å². The lowest BCUT2D eigenvalue weighted by Gasteiger charge is -2.12. The number of amides is 1. The van der Waals surface area contributed by atoms with Crippen molar-refractivity contribution in [2.75, 3.05) is 14.2 Å². The highest BCUT2D eigenvalue weighted by atomic mass is 127. The average molecular weight is 410 g/mol. The van der Waals surface area contributed by atoms with Crippen molar-refractivity contribution in [3.63, 3.8) is 0 Å². The number of nitrogens with one attached hydrogen (secondary N) is 1. The van der Waals surface area contributed by atoms with Crippen LogP contribution in [0.4, 0.5) is 0 Å². The van der Waals surface area contributed by atoms with Crippen molar-refractivity contribution in [3.8, 4) is 11.5 Å². The standard InChI is InChI=1S/C16H15IN2O3/c1-18-16(20)15(19-21-2)13-8-3-4-9-14(13)22-12-7-5-6-11(17)10-12/h3-10H,1-2H3,(H,18,20)/b19-15-. The predicted molar refractivity (Wildman–Crippen MR) is 93.3 cm³/mol. The molecule has 6 heteroatoms. The molecule has 0 saturated heterocycles. The van der Waals surface area contributed by atoms with Crippen molar-refractivity contribution in [3.05, 3.63) is 57.7 Å². The topological polar surface area (TPSA) is 59.9 Å². The first-order valence-corrected chi connectivity index (χ1v) is 7.59. The third kappa shape index (κ3) is 3.97. The quantitative estimate of drug-likeness (QED) is 0.468. The summed E-state index contributed by atoms with van der Waals surface area (Å²) in [5.74, 6) is 0.873. The molecule has 0 aromatic heterocycles. The number of oxime groups is 1. The van der Waals surface area contributed by atoms with Crippen molar-refractivity contribution in [1.82, 2.24) is 5.32 Å². The zero-order valence-corrected chi connectivity index (χ0v) is 14.3. The van der Waals surface area contributed by atoms with Gasteiger partial charge in [0.05, 0.1) is 5.56 Å².